The Kier molecular flexibility index (Phi) is 4.08. The molecule has 0 unspecified atom stereocenters. The number of likely N-dealkylation sites (tertiary alicyclic amines) is 1. The number of nitrogen functional groups attached to an aromatic ring is 1. The normalized spacial score (nSPS) is 34.0. The lowest BCUT2D eigenvalue weighted by atomic mass is 10.0. The van der Waals surface area contributed by atoms with Crippen molar-refractivity contribution < 1.29 is 20.1 Å². The molecule has 5 N–H and O–H groups in total. The summed E-state index contributed by atoms with van der Waals surface area (Å²) in [6.07, 6.45) is 2.37. The molecule has 2 aliphatic heterocycles. The van der Waals surface area contributed by atoms with Gasteiger partial charge < -0.3 is 25.8 Å². The summed E-state index contributed by atoms with van der Waals surface area (Å²) >= 11 is 0. The van der Waals surface area contributed by atoms with Gasteiger partial charge in [0, 0.05) is 13.1 Å². The first-order chi connectivity index (χ1) is 12.1. The van der Waals surface area contributed by atoms with Crippen molar-refractivity contribution in [3.05, 3.63) is 12.7 Å². The van der Waals surface area contributed by atoms with Gasteiger partial charge in [-0.25, -0.2) is 15.0 Å². The van der Waals surface area contributed by atoms with Crippen LogP contribution < -0.4 is 5.73 Å². The van der Waals surface area contributed by atoms with Crippen LogP contribution in [0.5, 0.6) is 0 Å². The second kappa shape index (κ2) is 6.15. The lowest BCUT2D eigenvalue weighted by Crippen LogP contribution is -2.59. The van der Waals surface area contributed by atoms with E-state index in [4.69, 9.17) is 10.5 Å². The lowest BCUT2D eigenvalue weighted by molar-refractivity contribution is -0.245. The summed E-state index contributed by atoms with van der Waals surface area (Å²) in [5, 5.41) is 30.9. The highest BCUT2D eigenvalue weighted by atomic mass is 16.6. The Bertz CT molecular complexity index is 764. The van der Waals surface area contributed by atoms with Gasteiger partial charge in [0.25, 0.3) is 0 Å². The van der Waals surface area contributed by atoms with E-state index < -0.39 is 30.8 Å². The zero-order chi connectivity index (χ0) is 17.6. The fourth-order valence-corrected chi connectivity index (χ4v) is 3.85. The van der Waals surface area contributed by atoms with E-state index >= 15 is 0 Å². The quantitative estimate of drug-likeness (QED) is 0.526. The van der Waals surface area contributed by atoms with Gasteiger partial charge in [-0.05, 0) is 12.8 Å². The maximum absolute atomic E-state index is 10.9. The smallest absolute Gasteiger partial charge is 0.237 e. The van der Waals surface area contributed by atoms with Gasteiger partial charge in [0.05, 0.1) is 6.61 Å². The molecule has 2 saturated heterocycles. The number of nitrogens with two attached hydrogens (primary N) is 1. The number of aromatic nitrogens is 4. The van der Waals surface area contributed by atoms with Crippen LogP contribution in [-0.4, -0.2) is 77.7 Å². The molecular formula is C15H22N6O4. The Labute approximate surface area is 143 Å². The van der Waals surface area contributed by atoms with E-state index in [-0.39, 0.29) is 5.82 Å². The van der Waals surface area contributed by atoms with Gasteiger partial charge in [-0.1, -0.05) is 6.42 Å². The van der Waals surface area contributed by atoms with Gasteiger partial charge in [-0.3, -0.25) is 9.47 Å². The highest BCUT2D eigenvalue weighted by Gasteiger charge is 2.59. The number of aliphatic hydroxyl groups is 3. The third kappa shape index (κ3) is 2.33. The largest absolute Gasteiger partial charge is 0.394 e. The molecule has 4 heterocycles. The first-order valence-electron chi connectivity index (χ1n) is 8.43. The predicted molar refractivity (Wildman–Crippen MR) is 87.1 cm³/mol. The summed E-state index contributed by atoms with van der Waals surface area (Å²) in [7, 11) is 0. The van der Waals surface area contributed by atoms with Crippen LogP contribution in [0, 0.1) is 0 Å². The minimum atomic E-state index is -1.40. The molecule has 0 saturated carbocycles. The highest BCUT2D eigenvalue weighted by Crippen LogP contribution is 2.41. The standard InChI is InChI=1S/C15H22N6O4/c16-13-10-14(18-7-17-13)21(8-19-10)15(20-4-2-1-3-5-20)12(24)11(23)9(6-22)25-15/h7-9,11-12,22-24H,1-6H2,(H2,16,17,18)/t9-,11-,12-,15-/m1/s1. The second-order valence-electron chi connectivity index (χ2n) is 6.53. The number of anilines is 1. The number of nitrogens with zero attached hydrogens (tertiary/aromatic N) is 5. The van der Waals surface area contributed by atoms with Gasteiger partial charge in [-0.15, -0.1) is 0 Å². The third-order valence-electron chi connectivity index (χ3n) is 5.11. The van der Waals surface area contributed by atoms with E-state index in [0.29, 0.717) is 24.3 Å². The van der Waals surface area contributed by atoms with Crippen LogP contribution in [-0.2, 0) is 10.6 Å². The number of ether oxygens (including phenoxy) is 1. The van der Waals surface area contributed by atoms with Crippen LogP contribution in [0.25, 0.3) is 11.2 Å². The number of imidazole rings is 1. The Morgan fingerprint density at radius 1 is 1.20 bits per heavy atom. The van der Waals surface area contributed by atoms with Crippen molar-refractivity contribution in [3.8, 4) is 0 Å². The molecule has 0 radical (unpaired) electrons. The molecule has 0 spiro atoms. The molecule has 4 atom stereocenters. The second-order valence-corrected chi connectivity index (χ2v) is 6.53. The summed E-state index contributed by atoms with van der Waals surface area (Å²) in [4.78, 5) is 14.4. The van der Waals surface area contributed by atoms with E-state index in [0.717, 1.165) is 19.3 Å². The molecule has 2 fully saturated rings. The van der Waals surface area contributed by atoms with Gasteiger partial charge in [-0.2, -0.15) is 0 Å². The van der Waals surface area contributed by atoms with Crippen molar-refractivity contribution in [2.45, 2.75) is 43.4 Å². The first kappa shape index (κ1) is 16.6. The number of hydrogen-bond acceptors (Lipinski definition) is 9. The average molecular weight is 350 g/mol. The maximum Gasteiger partial charge on any atom is 0.237 e. The van der Waals surface area contributed by atoms with Crippen molar-refractivity contribution in [1.29, 1.82) is 0 Å². The molecular weight excluding hydrogens is 328 g/mol. The summed E-state index contributed by atoms with van der Waals surface area (Å²) < 4.78 is 7.64. The Morgan fingerprint density at radius 2 is 1.96 bits per heavy atom. The molecule has 2 aliphatic rings. The molecule has 0 bridgehead atoms. The van der Waals surface area contributed by atoms with E-state index in [2.05, 4.69) is 15.0 Å². The van der Waals surface area contributed by atoms with Crippen LogP contribution >= 0.6 is 0 Å². The van der Waals surface area contributed by atoms with Crippen LogP contribution in [0.3, 0.4) is 0 Å². The third-order valence-corrected chi connectivity index (χ3v) is 5.11. The van der Waals surface area contributed by atoms with E-state index in [1.807, 2.05) is 4.90 Å². The number of hydrogen-bond donors (Lipinski definition) is 4. The molecule has 10 nitrogen and oxygen atoms in total. The number of aliphatic hydroxyl groups excluding tert-OH is 3. The van der Waals surface area contributed by atoms with E-state index in [9.17, 15) is 15.3 Å². The fourth-order valence-electron chi connectivity index (χ4n) is 3.85. The van der Waals surface area contributed by atoms with Crippen molar-refractivity contribution in [2.24, 2.45) is 0 Å². The van der Waals surface area contributed by atoms with Crippen molar-refractivity contribution in [1.82, 2.24) is 24.4 Å². The lowest BCUT2D eigenvalue weighted by Gasteiger charge is -2.44. The highest BCUT2D eigenvalue weighted by molar-refractivity contribution is 5.81. The molecule has 0 aliphatic carbocycles. The summed E-state index contributed by atoms with van der Waals surface area (Å²) in [5.74, 6) is -1.17. The maximum atomic E-state index is 10.9. The number of rotatable bonds is 3. The average Bonchev–Trinajstić information content (AvgIpc) is 3.18. The minimum Gasteiger partial charge on any atom is -0.394 e. The van der Waals surface area contributed by atoms with Crippen molar-refractivity contribution in [3.63, 3.8) is 0 Å². The molecule has 0 amide bonds. The number of piperidine rings is 1. The van der Waals surface area contributed by atoms with Gasteiger partial charge in [0.2, 0.25) is 5.85 Å². The summed E-state index contributed by atoms with van der Waals surface area (Å²) in [6.45, 7) is 0.960. The van der Waals surface area contributed by atoms with Crippen LogP contribution in [0.2, 0.25) is 0 Å². The first-order valence-corrected chi connectivity index (χ1v) is 8.43. The van der Waals surface area contributed by atoms with Gasteiger partial charge in [0.1, 0.15) is 36.5 Å². The minimum absolute atomic E-state index is 0.226. The summed E-state index contributed by atoms with van der Waals surface area (Å²) in [6, 6.07) is 0. The Balaban J connectivity index is 1.90. The van der Waals surface area contributed by atoms with E-state index in [1.54, 1.807) is 4.57 Å². The summed E-state index contributed by atoms with van der Waals surface area (Å²) in [5.41, 5.74) is 6.68. The Hall–Kier alpha value is -1.85. The van der Waals surface area contributed by atoms with Crippen molar-refractivity contribution in [2.75, 3.05) is 25.4 Å². The van der Waals surface area contributed by atoms with Crippen LogP contribution in [0.1, 0.15) is 19.3 Å². The zero-order valence-electron chi connectivity index (χ0n) is 13.7. The topological polar surface area (TPSA) is 143 Å². The van der Waals surface area contributed by atoms with Crippen LogP contribution in [0.4, 0.5) is 5.82 Å². The fraction of sp³-hybridized carbons (Fsp3) is 0.667. The van der Waals surface area contributed by atoms with Crippen molar-refractivity contribution >= 4 is 17.0 Å². The predicted octanol–water partition coefficient (Wildman–Crippen LogP) is -1.38. The SMILES string of the molecule is Nc1ncnc2c1ncn2[C@@]1(N2CCCCC2)O[C@H](CO)[C@@H](O)[C@H]1O. The molecule has 2 aromatic rings. The number of fused-ring (bicyclic) bond motifs is 1. The zero-order valence-corrected chi connectivity index (χ0v) is 13.7. The van der Waals surface area contributed by atoms with E-state index in [1.165, 1.54) is 12.7 Å². The van der Waals surface area contributed by atoms with Gasteiger partial charge >= 0.3 is 0 Å². The molecule has 136 valence electrons. The van der Waals surface area contributed by atoms with Gasteiger partial charge in [0.15, 0.2) is 11.5 Å². The Morgan fingerprint density at radius 3 is 2.64 bits per heavy atom. The monoisotopic (exact) mass is 350 g/mol. The molecule has 2 aromatic heterocycles. The molecule has 0 aromatic carbocycles. The molecule has 10 heteroatoms. The molecule has 4 rings (SSSR count). The molecule has 25 heavy (non-hydrogen) atoms. The van der Waals surface area contributed by atoms with Crippen LogP contribution in [0.15, 0.2) is 12.7 Å².